The van der Waals surface area contributed by atoms with E-state index >= 15 is 0 Å². The molecule has 0 saturated heterocycles. The number of halogens is 4. The Morgan fingerprint density at radius 3 is 2.64 bits per heavy atom. The quantitative estimate of drug-likeness (QED) is 0.592. The average molecular weight is 464 g/mol. The lowest BCUT2D eigenvalue weighted by atomic mass is 10.2. The Morgan fingerprint density at radius 2 is 2.08 bits per heavy atom. The van der Waals surface area contributed by atoms with Crippen LogP contribution >= 0.6 is 22.6 Å². The number of rotatable bonds is 3. The van der Waals surface area contributed by atoms with Gasteiger partial charge in [-0.3, -0.25) is 10.1 Å². The number of nitrogens with one attached hydrogen (secondary N) is 1. The highest BCUT2D eigenvalue weighted by atomic mass is 127. The maximum atomic E-state index is 13.0. The van der Waals surface area contributed by atoms with Crippen molar-refractivity contribution in [3.05, 3.63) is 39.4 Å². The second-order valence-corrected chi connectivity index (χ2v) is 5.99. The smallest absolute Gasteiger partial charge is 0.289 e. The third-order valence-electron chi connectivity index (χ3n) is 3.02. The Labute approximate surface area is 151 Å². The normalized spacial score (nSPS) is 11.6. The van der Waals surface area contributed by atoms with Crippen LogP contribution in [0.2, 0.25) is 0 Å². The second kappa shape index (κ2) is 6.38. The third kappa shape index (κ3) is 3.59. The fourth-order valence-electron chi connectivity index (χ4n) is 1.88. The summed E-state index contributed by atoms with van der Waals surface area (Å²) in [6.07, 6.45) is -1.78. The Hall–Kier alpha value is -2.58. The van der Waals surface area contributed by atoms with Gasteiger partial charge in [-0.15, -0.1) is 0 Å². The van der Waals surface area contributed by atoms with Gasteiger partial charge in [0.2, 0.25) is 5.95 Å². The highest BCUT2D eigenvalue weighted by Gasteiger charge is 2.34. The molecule has 0 unspecified atom stereocenters. The molecule has 0 saturated carbocycles. The van der Waals surface area contributed by atoms with E-state index in [4.69, 9.17) is 0 Å². The molecule has 3 aromatic rings. The summed E-state index contributed by atoms with van der Waals surface area (Å²) in [5, 5.41) is 16.8. The molecule has 0 aliphatic rings. The maximum absolute atomic E-state index is 13.0. The molecule has 3 rings (SSSR count). The summed E-state index contributed by atoms with van der Waals surface area (Å²) in [4.78, 5) is 16.0. The summed E-state index contributed by atoms with van der Waals surface area (Å²) in [7, 11) is 1.50. The van der Waals surface area contributed by atoms with E-state index in [0.29, 0.717) is 3.57 Å². The zero-order valence-corrected chi connectivity index (χ0v) is 14.5. The molecule has 0 bridgehead atoms. The minimum absolute atomic E-state index is 0.0332. The fourth-order valence-corrected chi connectivity index (χ4v) is 2.27. The van der Waals surface area contributed by atoms with Crippen LogP contribution in [-0.4, -0.2) is 40.9 Å². The molecule has 0 aliphatic carbocycles. The largest absolute Gasteiger partial charge is 0.433 e. The van der Waals surface area contributed by atoms with Gasteiger partial charge in [0.1, 0.15) is 5.69 Å². The van der Waals surface area contributed by atoms with Gasteiger partial charge in [0.15, 0.2) is 5.82 Å². The van der Waals surface area contributed by atoms with Crippen molar-refractivity contribution in [3.8, 4) is 5.82 Å². The van der Waals surface area contributed by atoms with Crippen LogP contribution in [0.25, 0.3) is 5.82 Å². The molecule has 0 spiro atoms. The van der Waals surface area contributed by atoms with Crippen LogP contribution in [0.5, 0.6) is 0 Å². The molecule has 3 heterocycles. The van der Waals surface area contributed by atoms with Crippen molar-refractivity contribution >= 4 is 34.4 Å². The lowest BCUT2D eigenvalue weighted by Gasteiger charge is -2.12. The lowest BCUT2D eigenvalue weighted by molar-refractivity contribution is -0.141. The van der Waals surface area contributed by atoms with E-state index in [9.17, 15) is 18.0 Å². The standard InChI is InChI=1S/C12H8F3IN8O/c1-23-11(20-21-22-23)19-10(25)7-2-3-8(12(13,14)15)18-9(7)24-5-6(16)4-17-24/h2-5H,1H3,(H,19,20,22,25). The summed E-state index contributed by atoms with van der Waals surface area (Å²) in [5.41, 5.74) is -1.25. The predicted molar refractivity (Wildman–Crippen MR) is 85.8 cm³/mol. The monoisotopic (exact) mass is 464 g/mol. The van der Waals surface area contributed by atoms with Crippen LogP contribution in [0.3, 0.4) is 0 Å². The molecule has 0 aromatic carbocycles. The molecular formula is C12H8F3IN8O. The van der Waals surface area contributed by atoms with E-state index in [1.165, 1.54) is 24.1 Å². The molecule has 0 atom stereocenters. The first kappa shape index (κ1) is 17.2. The molecule has 1 N–H and O–H groups in total. The SMILES string of the molecule is Cn1nnnc1NC(=O)c1ccc(C(F)(F)F)nc1-n1cc(I)cn1. The van der Waals surface area contributed by atoms with E-state index < -0.39 is 17.8 Å². The molecule has 1 amide bonds. The van der Waals surface area contributed by atoms with Crippen molar-refractivity contribution in [3.63, 3.8) is 0 Å². The number of carbonyl (C=O) groups is 1. The van der Waals surface area contributed by atoms with Crippen LogP contribution in [0, 0.1) is 3.57 Å². The molecule has 0 aliphatic heterocycles. The summed E-state index contributed by atoms with van der Waals surface area (Å²) >= 11 is 1.94. The summed E-state index contributed by atoms with van der Waals surface area (Å²) < 4.78 is 41.8. The number of tetrazole rings is 1. The zero-order valence-electron chi connectivity index (χ0n) is 12.4. The summed E-state index contributed by atoms with van der Waals surface area (Å²) in [6.45, 7) is 0. The van der Waals surface area contributed by atoms with Crippen molar-refractivity contribution < 1.29 is 18.0 Å². The van der Waals surface area contributed by atoms with Gasteiger partial charge in [-0.2, -0.15) is 18.3 Å². The number of anilines is 1. The lowest BCUT2D eigenvalue weighted by Crippen LogP contribution is -2.20. The van der Waals surface area contributed by atoms with Crippen molar-refractivity contribution in [1.29, 1.82) is 0 Å². The Balaban J connectivity index is 2.06. The molecule has 13 heteroatoms. The highest BCUT2D eigenvalue weighted by Crippen LogP contribution is 2.29. The van der Waals surface area contributed by atoms with Crippen molar-refractivity contribution in [2.24, 2.45) is 7.05 Å². The molecule has 9 nitrogen and oxygen atoms in total. The van der Waals surface area contributed by atoms with Crippen LogP contribution in [-0.2, 0) is 13.2 Å². The van der Waals surface area contributed by atoms with Crippen LogP contribution in [0.1, 0.15) is 16.1 Å². The van der Waals surface area contributed by atoms with Crippen LogP contribution < -0.4 is 5.32 Å². The number of aryl methyl sites for hydroxylation is 1. The summed E-state index contributed by atoms with van der Waals surface area (Å²) in [5.74, 6) is -0.948. The van der Waals surface area contributed by atoms with Gasteiger partial charge < -0.3 is 0 Å². The minimum Gasteiger partial charge on any atom is -0.289 e. The second-order valence-electron chi connectivity index (χ2n) is 4.75. The number of alkyl halides is 3. The number of carbonyl (C=O) groups excluding carboxylic acids is 1. The van der Waals surface area contributed by atoms with Gasteiger partial charge in [-0.05, 0) is 45.2 Å². The van der Waals surface area contributed by atoms with Gasteiger partial charge in [-0.25, -0.2) is 14.3 Å². The minimum atomic E-state index is -4.66. The average Bonchev–Trinajstić information content (AvgIpc) is 3.15. The van der Waals surface area contributed by atoms with E-state index in [1.54, 1.807) is 0 Å². The summed E-state index contributed by atoms with van der Waals surface area (Å²) in [6, 6.07) is 1.75. The van der Waals surface area contributed by atoms with Crippen molar-refractivity contribution in [2.75, 3.05) is 5.32 Å². The molecular weight excluding hydrogens is 456 g/mol. The van der Waals surface area contributed by atoms with Gasteiger partial charge in [0.25, 0.3) is 5.91 Å². The molecule has 25 heavy (non-hydrogen) atoms. The number of pyridine rings is 1. The van der Waals surface area contributed by atoms with E-state index in [1.807, 2.05) is 22.6 Å². The van der Waals surface area contributed by atoms with E-state index in [2.05, 4.69) is 30.9 Å². The van der Waals surface area contributed by atoms with Gasteiger partial charge in [0.05, 0.1) is 15.3 Å². The number of nitrogens with zero attached hydrogens (tertiary/aromatic N) is 7. The molecule has 130 valence electrons. The number of hydrogen-bond acceptors (Lipinski definition) is 6. The Morgan fingerprint density at radius 1 is 1.32 bits per heavy atom. The third-order valence-corrected chi connectivity index (χ3v) is 3.58. The molecule has 3 aromatic heterocycles. The first-order valence-electron chi connectivity index (χ1n) is 6.58. The van der Waals surface area contributed by atoms with E-state index in [-0.39, 0.29) is 17.3 Å². The number of hydrogen-bond donors (Lipinski definition) is 1. The van der Waals surface area contributed by atoms with Crippen LogP contribution in [0.4, 0.5) is 19.1 Å². The topological polar surface area (TPSA) is 103 Å². The number of amides is 1. The predicted octanol–water partition coefficient (Wildman–Crippen LogP) is 1.67. The first-order valence-corrected chi connectivity index (χ1v) is 7.66. The maximum Gasteiger partial charge on any atom is 0.433 e. The van der Waals surface area contributed by atoms with Crippen molar-refractivity contribution in [1.82, 2.24) is 35.0 Å². The van der Waals surface area contributed by atoms with Gasteiger partial charge in [-0.1, -0.05) is 5.10 Å². The highest BCUT2D eigenvalue weighted by molar-refractivity contribution is 14.1. The first-order chi connectivity index (χ1) is 11.8. The van der Waals surface area contributed by atoms with Gasteiger partial charge >= 0.3 is 6.18 Å². The van der Waals surface area contributed by atoms with Crippen LogP contribution in [0.15, 0.2) is 24.5 Å². The molecule has 0 radical (unpaired) electrons. The van der Waals surface area contributed by atoms with Gasteiger partial charge in [0, 0.05) is 13.2 Å². The number of aromatic nitrogens is 7. The molecule has 0 fully saturated rings. The van der Waals surface area contributed by atoms with E-state index in [0.717, 1.165) is 16.8 Å². The zero-order chi connectivity index (χ0) is 18.2. The van der Waals surface area contributed by atoms with Crippen molar-refractivity contribution in [2.45, 2.75) is 6.18 Å². The Bertz CT molecular complexity index is 935. The Kier molecular flexibility index (Phi) is 4.40. The fraction of sp³-hybridized carbons (Fsp3) is 0.167.